The number of guanidine groups is 1. The number of nitrogens with one attached hydrogen (secondary N) is 3. The minimum Gasteiger partial charge on any atom is -0.493 e. The molecule has 0 saturated heterocycles. The predicted molar refractivity (Wildman–Crippen MR) is 102 cm³/mol. The lowest BCUT2D eigenvalue weighted by Gasteiger charge is -2.13. The maximum Gasteiger partial charge on any atom is 0.196 e. The van der Waals surface area contributed by atoms with E-state index in [-0.39, 0.29) is 24.0 Å². The van der Waals surface area contributed by atoms with Gasteiger partial charge in [0.2, 0.25) is 0 Å². The number of aromatic nitrogens is 2. The van der Waals surface area contributed by atoms with Gasteiger partial charge in [0.15, 0.2) is 17.5 Å². The van der Waals surface area contributed by atoms with Gasteiger partial charge in [-0.15, -0.1) is 24.0 Å². The van der Waals surface area contributed by atoms with Crippen molar-refractivity contribution in [2.45, 2.75) is 13.5 Å². The molecule has 2 aromatic rings. The molecule has 0 fully saturated rings. The Kier molecular flexibility index (Phi) is 8.23. The van der Waals surface area contributed by atoms with Gasteiger partial charge < -0.3 is 20.1 Å². The van der Waals surface area contributed by atoms with E-state index < -0.39 is 0 Å². The highest BCUT2D eigenvalue weighted by molar-refractivity contribution is 14.0. The molecule has 0 spiro atoms. The Morgan fingerprint density at radius 2 is 2.00 bits per heavy atom. The van der Waals surface area contributed by atoms with Crippen LogP contribution in [0.15, 0.2) is 35.5 Å². The molecule has 0 aliphatic carbocycles. The van der Waals surface area contributed by atoms with Crippen LogP contribution in [0.2, 0.25) is 0 Å². The van der Waals surface area contributed by atoms with E-state index in [0.717, 1.165) is 17.9 Å². The summed E-state index contributed by atoms with van der Waals surface area (Å²) in [5.41, 5.74) is 1.81. The molecule has 1 aromatic carbocycles. The van der Waals surface area contributed by atoms with Crippen LogP contribution >= 0.6 is 24.0 Å². The molecule has 0 amide bonds. The van der Waals surface area contributed by atoms with Crippen molar-refractivity contribution in [1.29, 1.82) is 0 Å². The normalized spacial score (nSPS) is 10.7. The van der Waals surface area contributed by atoms with Gasteiger partial charge in [0, 0.05) is 24.5 Å². The summed E-state index contributed by atoms with van der Waals surface area (Å²) >= 11 is 0. The zero-order chi connectivity index (χ0) is 15.8. The van der Waals surface area contributed by atoms with E-state index in [4.69, 9.17) is 9.47 Å². The average molecular weight is 431 g/mol. The quantitative estimate of drug-likeness (QED) is 0.372. The maximum atomic E-state index is 5.30. The molecule has 0 radical (unpaired) electrons. The third-order valence-corrected chi connectivity index (χ3v) is 2.96. The molecule has 0 saturated carbocycles. The smallest absolute Gasteiger partial charge is 0.196 e. The van der Waals surface area contributed by atoms with E-state index >= 15 is 0 Å². The molecule has 7 nitrogen and oxygen atoms in total. The summed E-state index contributed by atoms with van der Waals surface area (Å²) in [5.74, 6) is 2.04. The van der Waals surface area contributed by atoms with Gasteiger partial charge in [-0.2, -0.15) is 5.10 Å². The van der Waals surface area contributed by atoms with Gasteiger partial charge in [-0.1, -0.05) is 0 Å². The summed E-state index contributed by atoms with van der Waals surface area (Å²) in [5, 5.41) is 13.2. The van der Waals surface area contributed by atoms with Crippen molar-refractivity contribution in [1.82, 2.24) is 15.5 Å². The lowest BCUT2D eigenvalue weighted by atomic mass is 10.3. The number of hydrogen-bond donors (Lipinski definition) is 3. The van der Waals surface area contributed by atoms with E-state index in [2.05, 4.69) is 25.8 Å². The Balaban J connectivity index is 0.00000264. The van der Waals surface area contributed by atoms with Crippen LogP contribution in [0.1, 0.15) is 12.6 Å². The van der Waals surface area contributed by atoms with Crippen molar-refractivity contribution in [2.24, 2.45) is 4.99 Å². The largest absolute Gasteiger partial charge is 0.493 e. The highest BCUT2D eigenvalue weighted by Gasteiger charge is 2.06. The van der Waals surface area contributed by atoms with Crippen LogP contribution in [0.5, 0.6) is 11.5 Å². The summed E-state index contributed by atoms with van der Waals surface area (Å²) in [6, 6.07) is 7.51. The van der Waals surface area contributed by atoms with Gasteiger partial charge in [-0.3, -0.25) is 5.10 Å². The summed E-state index contributed by atoms with van der Waals surface area (Å²) in [7, 11) is 3.22. The molecule has 126 valence electrons. The van der Waals surface area contributed by atoms with E-state index in [1.807, 2.05) is 31.2 Å². The number of methoxy groups -OCH3 is 2. The van der Waals surface area contributed by atoms with Crippen molar-refractivity contribution in [3.8, 4) is 11.5 Å². The molecule has 0 aliphatic rings. The van der Waals surface area contributed by atoms with Crippen molar-refractivity contribution in [3.63, 3.8) is 0 Å². The Morgan fingerprint density at radius 1 is 1.22 bits per heavy atom. The molecule has 23 heavy (non-hydrogen) atoms. The van der Waals surface area contributed by atoms with E-state index in [1.54, 1.807) is 20.4 Å². The van der Waals surface area contributed by atoms with Crippen molar-refractivity contribution in [2.75, 3.05) is 26.1 Å². The van der Waals surface area contributed by atoms with Gasteiger partial charge >= 0.3 is 0 Å². The van der Waals surface area contributed by atoms with Crippen molar-refractivity contribution >= 4 is 35.6 Å². The Hall–Kier alpha value is -1.97. The van der Waals surface area contributed by atoms with Crippen LogP contribution in [-0.2, 0) is 6.54 Å². The van der Waals surface area contributed by atoms with E-state index in [1.165, 1.54) is 0 Å². The number of nitrogens with zero attached hydrogens (tertiary/aromatic N) is 2. The van der Waals surface area contributed by atoms with Crippen LogP contribution in [-0.4, -0.2) is 36.9 Å². The highest BCUT2D eigenvalue weighted by Crippen LogP contribution is 2.29. The first-order valence-corrected chi connectivity index (χ1v) is 7.02. The molecule has 2 rings (SSSR count). The number of anilines is 1. The van der Waals surface area contributed by atoms with Gasteiger partial charge in [0.25, 0.3) is 0 Å². The molecule has 0 atom stereocenters. The third-order valence-electron chi connectivity index (χ3n) is 2.96. The summed E-state index contributed by atoms with van der Waals surface area (Å²) in [6.07, 6.45) is 1.71. The number of ether oxygens (including phenoxy) is 2. The Morgan fingerprint density at radius 3 is 2.61 bits per heavy atom. The molecule has 1 heterocycles. The monoisotopic (exact) mass is 431 g/mol. The van der Waals surface area contributed by atoms with Crippen LogP contribution in [0, 0.1) is 0 Å². The van der Waals surface area contributed by atoms with Crippen LogP contribution in [0.4, 0.5) is 5.69 Å². The number of halogens is 1. The fourth-order valence-corrected chi connectivity index (χ4v) is 1.89. The minimum absolute atomic E-state index is 0. The first kappa shape index (κ1) is 19.1. The fourth-order valence-electron chi connectivity index (χ4n) is 1.89. The number of aliphatic imine (C=N–C) groups is 1. The molecule has 3 N–H and O–H groups in total. The number of rotatable bonds is 6. The highest BCUT2D eigenvalue weighted by atomic mass is 127. The SMILES string of the molecule is CCNC(=NCc1ccn[nH]1)Nc1ccc(OC)c(OC)c1.I. The van der Waals surface area contributed by atoms with Crippen LogP contribution < -0.4 is 20.1 Å². The van der Waals surface area contributed by atoms with E-state index in [9.17, 15) is 0 Å². The number of hydrogen-bond acceptors (Lipinski definition) is 4. The fraction of sp³-hybridized carbons (Fsp3) is 0.333. The predicted octanol–water partition coefficient (Wildman–Crippen LogP) is 2.62. The van der Waals surface area contributed by atoms with Gasteiger partial charge in [-0.25, -0.2) is 4.99 Å². The molecular formula is C15H22IN5O2. The Bertz CT molecular complexity index is 616. The lowest BCUT2D eigenvalue weighted by Crippen LogP contribution is -2.30. The summed E-state index contributed by atoms with van der Waals surface area (Å²) < 4.78 is 10.5. The maximum absolute atomic E-state index is 5.30. The summed E-state index contributed by atoms with van der Waals surface area (Å²) in [6.45, 7) is 3.30. The Labute approximate surface area is 152 Å². The number of aromatic amines is 1. The summed E-state index contributed by atoms with van der Waals surface area (Å²) in [4.78, 5) is 4.50. The second kappa shape index (κ2) is 9.93. The zero-order valence-electron chi connectivity index (χ0n) is 13.4. The van der Waals surface area contributed by atoms with Crippen LogP contribution in [0.25, 0.3) is 0 Å². The average Bonchev–Trinajstić information content (AvgIpc) is 3.06. The first-order chi connectivity index (χ1) is 10.8. The second-order valence-electron chi connectivity index (χ2n) is 4.47. The van der Waals surface area contributed by atoms with Crippen molar-refractivity contribution < 1.29 is 9.47 Å². The molecular weight excluding hydrogens is 409 g/mol. The molecule has 0 aliphatic heterocycles. The zero-order valence-corrected chi connectivity index (χ0v) is 15.8. The second-order valence-corrected chi connectivity index (χ2v) is 4.47. The molecule has 1 aromatic heterocycles. The van der Waals surface area contributed by atoms with Gasteiger partial charge in [0.05, 0.1) is 26.5 Å². The topological polar surface area (TPSA) is 83.6 Å². The number of benzene rings is 1. The molecule has 8 heteroatoms. The van der Waals surface area contributed by atoms with E-state index in [0.29, 0.717) is 24.0 Å². The lowest BCUT2D eigenvalue weighted by molar-refractivity contribution is 0.355. The van der Waals surface area contributed by atoms with Crippen molar-refractivity contribution in [3.05, 3.63) is 36.2 Å². The molecule has 0 unspecified atom stereocenters. The van der Waals surface area contributed by atoms with Gasteiger partial charge in [0.1, 0.15) is 0 Å². The third kappa shape index (κ3) is 5.62. The van der Waals surface area contributed by atoms with Gasteiger partial charge in [-0.05, 0) is 25.1 Å². The van der Waals surface area contributed by atoms with Crippen LogP contribution in [0.3, 0.4) is 0 Å². The first-order valence-electron chi connectivity index (χ1n) is 7.02. The minimum atomic E-state index is 0. The number of H-pyrrole nitrogens is 1. The standard InChI is InChI=1S/C15H21N5O2.HI/c1-4-16-15(17-10-12-7-8-18-20-12)19-11-5-6-13(21-2)14(9-11)22-3;/h5-9H,4,10H2,1-3H3,(H,18,20)(H2,16,17,19);1H. The molecule has 0 bridgehead atoms.